The minimum Gasteiger partial charge on any atom is -0.508 e. The molecule has 0 bridgehead atoms. The Labute approximate surface area is 191 Å². The van der Waals surface area contributed by atoms with Gasteiger partial charge in [-0.15, -0.1) is 0 Å². The first kappa shape index (κ1) is 22.8. The van der Waals surface area contributed by atoms with Crippen LogP contribution in [0.25, 0.3) is 0 Å². The Kier molecular flexibility index (Phi) is 6.37. The van der Waals surface area contributed by atoms with Crippen LogP contribution in [-0.4, -0.2) is 66.6 Å². The lowest BCUT2D eigenvalue weighted by atomic mass is 9.91. The average molecular weight is 472 g/mol. The van der Waals surface area contributed by atoms with Crippen LogP contribution in [0.1, 0.15) is 18.4 Å². The third-order valence-corrected chi connectivity index (χ3v) is 7.60. The van der Waals surface area contributed by atoms with Crippen molar-refractivity contribution in [3.63, 3.8) is 0 Å². The number of piperazine rings is 1. The number of rotatable bonds is 6. The van der Waals surface area contributed by atoms with Gasteiger partial charge in [0.2, 0.25) is 17.7 Å². The summed E-state index contributed by atoms with van der Waals surface area (Å²) < 4.78 is 24.8. The van der Waals surface area contributed by atoms with Crippen molar-refractivity contribution in [3.8, 4) is 5.75 Å². The van der Waals surface area contributed by atoms with Crippen LogP contribution in [0.4, 0.5) is 0 Å². The summed E-state index contributed by atoms with van der Waals surface area (Å²) in [5.74, 6) is -1.68. The smallest absolute Gasteiger partial charge is 0.246 e. The molecule has 2 aliphatic heterocycles. The molecule has 174 valence electrons. The van der Waals surface area contributed by atoms with E-state index in [1.165, 1.54) is 29.2 Å². The van der Waals surface area contributed by atoms with Gasteiger partial charge in [0.1, 0.15) is 23.6 Å². The highest BCUT2D eigenvalue weighted by Crippen LogP contribution is 2.24. The Bertz CT molecular complexity index is 1150. The maximum absolute atomic E-state index is 12.9. The lowest BCUT2D eigenvalue weighted by Crippen LogP contribution is -2.67. The number of sulfone groups is 1. The molecule has 2 saturated heterocycles. The Morgan fingerprint density at radius 1 is 1.09 bits per heavy atom. The standard InChI is InChI=1S/C23H25N3O6S/c27-17-8-6-15(7-9-17)12-19-23(30)26-11-10-16(13-20(26)22(29)25-19)24-21(28)14-33(31,32)18-4-2-1-3-5-18/h1-9,16,19-20,27H,10-14H2,(H,24,28)(H,25,29)/t16-,19-,20+/m1/s1. The molecule has 3 atom stereocenters. The highest BCUT2D eigenvalue weighted by Gasteiger charge is 2.44. The molecule has 2 fully saturated rings. The first-order chi connectivity index (χ1) is 15.7. The summed E-state index contributed by atoms with van der Waals surface area (Å²) in [6.07, 6.45) is 0.963. The lowest BCUT2D eigenvalue weighted by Gasteiger charge is -2.44. The molecule has 0 saturated carbocycles. The minimum atomic E-state index is -3.76. The average Bonchev–Trinajstić information content (AvgIpc) is 2.79. The zero-order valence-electron chi connectivity index (χ0n) is 17.8. The molecule has 33 heavy (non-hydrogen) atoms. The quantitative estimate of drug-likeness (QED) is 0.558. The summed E-state index contributed by atoms with van der Waals surface area (Å²) in [4.78, 5) is 39.7. The van der Waals surface area contributed by atoms with Crippen LogP contribution in [-0.2, 0) is 30.6 Å². The van der Waals surface area contributed by atoms with Gasteiger partial charge < -0.3 is 20.6 Å². The molecule has 2 aromatic carbocycles. The molecule has 3 N–H and O–H groups in total. The first-order valence-corrected chi connectivity index (χ1v) is 12.3. The Balaban J connectivity index is 1.35. The normalized spacial score (nSPS) is 22.9. The van der Waals surface area contributed by atoms with Gasteiger partial charge in [0.05, 0.1) is 4.90 Å². The van der Waals surface area contributed by atoms with Gasteiger partial charge in [0.15, 0.2) is 9.84 Å². The van der Waals surface area contributed by atoms with E-state index in [4.69, 9.17) is 0 Å². The molecule has 0 spiro atoms. The van der Waals surface area contributed by atoms with E-state index in [-0.39, 0.29) is 28.9 Å². The number of fused-ring (bicyclic) bond motifs is 1. The van der Waals surface area contributed by atoms with Gasteiger partial charge in [-0.2, -0.15) is 0 Å². The minimum absolute atomic E-state index is 0.0758. The topological polar surface area (TPSA) is 133 Å². The molecule has 2 aliphatic rings. The fourth-order valence-electron chi connectivity index (χ4n) is 4.30. The first-order valence-electron chi connectivity index (χ1n) is 10.7. The molecule has 0 aromatic heterocycles. The molecule has 2 aromatic rings. The van der Waals surface area contributed by atoms with Gasteiger partial charge in [-0.3, -0.25) is 14.4 Å². The van der Waals surface area contributed by atoms with E-state index < -0.39 is 39.6 Å². The maximum atomic E-state index is 12.9. The van der Waals surface area contributed by atoms with Crippen LogP contribution >= 0.6 is 0 Å². The van der Waals surface area contributed by atoms with Crippen molar-refractivity contribution in [1.82, 2.24) is 15.5 Å². The number of nitrogens with zero attached hydrogens (tertiary/aromatic N) is 1. The van der Waals surface area contributed by atoms with Crippen molar-refractivity contribution in [2.45, 2.75) is 42.3 Å². The van der Waals surface area contributed by atoms with Crippen molar-refractivity contribution in [2.24, 2.45) is 0 Å². The van der Waals surface area contributed by atoms with Crippen molar-refractivity contribution < 1.29 is 27.9 Å². The molecule has 2 heterocycles. The fourth-order valence-corrected chi connectivity index (χ4v) is 5.46. The third kappa shape index (κ3) is 5.16. The molecular weight excluding hydrogens is 446 g/mol. The predicted octanol–water partition coefficient (Wildman–Crippen LogP) is 0.383. The van der Waals surface area contributed by atoms with E-state index in [1.54, 1.807) is 30.3 Å². The molecule has 3 amide bonds. The number of benzene rings is 2. The highest BCUT2D eigenvalue weighted by molar-refractivity contribution is 7.92. The second kappa shape index (κ2) is 9.22. The van der Waals surface area contributed by atoms with Gasteiger partial charge in [0.25, 0.3) is 0 Å². The molecule has 10 heteroatoms. The second-order valence-electron chi connectivity index (χ2n) is 8.34. The number of phenolic OH excluding ortho intramolecular Hbond substituents is 1. The van der Waals surface area contributed by atoms with E-state index >= 15 is 0 Å². The largest absolute Gasteiger partial charge is 0.508 e. The number of carbonyl (C=O) groups is 3. The molecular formula is C23H25N3O6S. The highest BCUT2D eigenvalue weighted by atomic mass is 32.2. The SMILES string of the molecule is O=C(CS(=O)(=O)c1ccccc1)N[C@@H]1CCN2C(=O)[C@@H](Cc3ccc(O)cc3)NC(=O)[C@@H]2C1. The number of phenols is 1. The number of carbonyl (C=O) groups excluding carboxylic acids is 3. The van der Waals surface area contributed by atoms with Crippen LogP contribution in [0.5, 0.6) is 5.75 Å². The van der Waals surface area contributed by atoms with Gasteiger partial charge in [-0.1, -0.05) is 30.3 Å². The van der Waals surface area contributed by atoms with Gasteiger partial charge in [-0.05, 0) is 42.7 Å². The van der Waals surface area contributed by atoms with Crippen LogP contribution in [0.3, 0.4) is 0 Å². The molecule has 0 radical (unpaired) electrons. The Hall–Kier alpha value is -3.40. The van der Waals surface area contributed by atoms with Crippen LogP contribution in [0, 0.1) is 0 Å². The van der Waals surface area contributed by atoms with E-state index in [0.717, 1.165) is 5.56 Å². The van der Waals surface area contributed by atoms with E-state index in [1.807, 2.05) is 0 Å². The van der Waals surface area contributed by atoms with Crippen LogP contribution in [0.15, 0.2) is 59.5 Å². The number of amides is 3. The van der Waals surface area contributed by atoms with Gasteiger partial charge >= 0.3 is 0 Å². The number of nitrogens with one attached hydrogen (secondary N) is 2. The van der Waals surface area contributed by atoms with Crippen molar-refractivity contribution in [1.29, 1.82) is 0 Å². The lowest BCUT2D eigenvalue weighted by molar-refractivity contribution is -0.151. The number of hydrogen-bond donors (Lipinski definition) is 3. The van der Waals surface area contributed by atoms with Crippen molar-refractivity contribution in [3.05, 3.63) is 60.2 Å². The van der Waals surface area contributed by atoms with Crippen LogP contribution in [0.2, 0.25) is 0 Å². The Morgan fingerprint density at radius 2 is 1.79 bits per heavy atom. The van der Waals surface area contributed by atoms with E-state index in [9.17, 15) is 27.9 Å². The van der Waals surface area contributed by atoms with Crippen molar-refractivity contribution in [2.75, 3.05) is 12.3 Å². The molecule has 4 rings (SSSR count). The third-order valence-electron chi connectivity index (χ3n) is 5.97. The summed E-state index contributed by atoms with van der Waals surface area (Å²) in [5.41, 5.74) is 0.812. The summed E-state index contributed by atoms with van der Waals surface area (Å²) in [5, 5.41) is 14.9. The van der Waals surface area contributed by atoms with E-state index in [2.05, 4.69) is 10.6 Å². The zero-order valence-corrected chi connectivity index (χ0v) is 18.6. The number of hydrogen-bond acceptors (Lipinski definition) is 6. The predicted molar refractivity (Wildman–Crippen MR) is 119 cm³/mol. The van der Waals surface area contributed by atoms with E-state index in [0.29, 0.717) is 19.4 Å². The van der Waals surface area contributed by atoms with Crippen molar-refractivity contribution >= 4 is 27.6 Å². The van der Waals surface area contributed by atoms with Crippen LogP contribution < -0.4 is 10.6 Å². The van der Waals surface area contributed by atoms with Gasteiger partial charge in [-0.25, -0.2) is 8.42 Å². The maximum Gasteiger partial charge on any atom is 0.246 e. The zero-order chi connectivity index (χ0) is 23.6. The molecule has 0 aliphatic carbocycles. The fraction of sp³-hybridized carbons (Fsp3) is 0.348. The summed E-state index contributed by atoms with van der Waals surface area (Å²) in [6.45, 7) is 0.291. The van der Waals surface area contributed by atoms with Gasteiger partial charge in [0, 0.05) is 19.0 Å². The molecule has 9 nitrogen and oxygen atoms in total. The summed E-state index contributed by atoms with van der Waals surface area (Å²) >= 11 is 0. The summed E-state index contributed by atoms with van der Waals surface area (Å²) in [7, 11) is -3.76. The monoisotopic (exact) mass is 471 g/mol. The number of piperidine rings is 1. The number of aromatic hydroxyl groups is 1. The second-order valence-corrected chi connectivity index (χ2v) is 10.3. The summed E-state index contributed by atoms with van der Waals surface area (Å²) in [6, 6.07) is 12.4. The molecule has 0 unspecified atom stereocenters. The Morgan fingerprint density at radius 3 is 2.48 bits per heavy atom.